The highest BCUT2D eigenvalue weighted by Crippen LogP contribution is 2.33. The molecule has 1 amide bonds. The lowest BCUT2D eigenvalue weighted by molar-refractivity contribution is -0.137. The number of rotatable bonds is 5. The molecule has 39 heavy (non-hydrogen) atoms. The summed E-state index contributed by atoms with van der Waals surface area (Å²) in [5, 5.41) is 8.34. The summed E-state index contributed by atoms with van der Waals surface area (Å²) in [6.45, 7) is 6.63. The molecule has 1 aliphatic heterocycles. The van der Waals surface area contributed by atoms with Crippen LogP contribution in [0.25, 0.3) is 28.5 Å². The predicted octanol–water partition coefficient (Wildman–Crippen LogP) is 5.26. The number of hydrogen-bond acceptors (Lipinski definition) is 7. The Morgan fingerprint density at radius 1 is 1.21 bits per heavy atom. The number of fused-ring (bicyclic) bond motifs is 1. The first-order chi connectivity index (χ1) is 18.4. The van der Waals surface area contributed by atoms with E-state index in [9.17, 15) is 22.8 Å². The maximum Gasteiger partial charge on any atom is 0.416 e. The van der Waals surface area contributed by atoms with Crippen LogP contribution in [-0.4, -0.2) is 54.4 Å². The van der Waals surface area contributed by atoms with Crippen LogP contribution in [0.1, 0.15) is 57.2 Å². The van der Waals surface area contributed by atoms with Crippen molar-refractivity contribution in [2.75, 3.05) is 13.1 Å². The van der Waals surface area contributed by atoms with Crippen LogP contribution in [0.2, 0.25) is 0 Å². The zero-order valence-corrected chi connectivity index (χ0v) is 21.6. The molecular formula is C26H27F3N6O4. The Labute approximate surface area is 220 Å². The second-order valence-corrected chi connectivity index (χ2v) is 10.1. The summed E-state index contributed by atoms with van der Waals surface area (Å²) in [7, 11) is 0. The van der Waals surface area contributed by atoms with E-state index >= 15 is 0 Å². The van der Waals surface area contributed by atoms with Crippen molar-refractivity contribution in [1.29, 1.82) is 0 Å². The molecule has 5 rings (SSSR count). The number of halogens is 3. The minimum Gasteiger partial charge on any atom is -0.443 e. The molecule has 1 aromatic carbocycles. The zero-order valence-electron chi connectivity index (χ0n) is 21.6. The van der Waals surface area contributed by atoms with Gasteiger partial charge in [-0.25, -0.2) is 9.31 Å². The van der Waals surface area contributed by atoms with E-state index in [0.29, 0.717) is 49.3 Å². The molecule has 0 aliphatic carbocycles. The van der Waals surface area contributed by atoms with Gasteiger partial charge in [0.15, 0.2) is 0 Å². The molecule has 0 atom stereocenters. The first kappa shape index (κ1) is 26.4. The van der Waals surface area contributed by atoms with Crippen LogP contribution in [0.15, 0.2) is 45.8 Å². The van der Waals surface area contributed by atoms with Crippen LogP contribution in [-0.2, 0) is 10.9 Å². The van der Waals surface area contributed by atoms with E-state index in [0.717, 1.165) is 12.1 Å². The minimum absolute atomic E-state index is 0.0447. The van der Waals surface area contributed by atoms with Crippen LogP contribution in [0.4, 0.5) is 18.0 Å². The van der Waals surface area contributed by atoms with E-state index in [1.807, 2.05) is 20.8 Å². The SMILES string of the molecule is CCC(C)(C)OC(=O)N1CCC(c2cc(=O)[nH]c3c(-c4noc(-c5cccc(C(F)(F)F)c5)n4)cnn23)CC1. The van der Waals surface area contributed by atoms with Gasteiger partial charge in [-0.1, -0.05) is 18.1 Å². The fraction of sp³-hybridized carbons (Fsp3) is 0.423. The molecule has 1 fully saturated rings. The van der Waals surface area contributed by atoms with E-state index in [1.54, 1.807) is 9.42 Å². The number of nitrogens with one attached hydrogen (secondary N) is 1. The molecule has 3 aromatic heterocycles. The van der Waals surface area contributed by atoms with Gasteiger partial charge in [0, 0.05) is 30.6 Å². The third-order valence-corrected chi connectivity index (χ3v) is 7.02. The van der Waals surface area contributed by atoms with Crippen molar-refractivity contribution in [3.63, 3.8) is 0 Å². The molecular weight excluding hydrogens is 517 g/mol. The highest BCUT2D eigenvalue weighted by Gasteiger charge is 2.32. The van der Waals surface area contributed by atoms with E-state index in [2.05, 4.69) is 20.2 Å². The molecule has 0 bridgehead atoms. The molecule has 206 valence electrons. The lowest BCUT2D eigenvalue weighted by Gasteiger charge is -2.34. The van der Waals surface area contributed by atoms with Gasteiger partial charge in [-0.3, -0.25) is 4.79 Å². The first-order valence-electron chi connectivity index (χ1n) is 12.6. The number of alkyl halides is 3. The molecule has 1 N–H and O–H groups in total. The van der Waals surface area contributed by atoms with Gasteiger partial charge >= 0.3 is 12.3 Å². The number of benzene rings is 1. The van der Waals surface area contributed by atoms with Crippen LogP contribution < -0.4 is 5.56 Å². The maximum absolute atomic E-state index is 13.1. The van der Waals surface area contributed by atoms with E-state index < -0.39 is 17.3 Å². The van der Waals surface area contributed by atoms with E-state index in [4.69, 9.17) is 9.26 Å². The number of amides is 1. The van der Waals surface area contributed by atoms with Crippen molar-refractivity contribution >= 4 is 11.7 Å². The molecule has 4 heterocycles. The number of carbonyl (C=O) groups is 1. The fourth-order valence-electron chi connectivity index (χ4n) is 4.48. The minimum atomic E-state index is -4.51. The second kappa shape index (κ2) is 9.86. The van der Waals surface area contributed by atoms with Crippen molar-refractivity contribution in [2.45, 2.75) is 57.7 Å². The number of nitrogens with zero attached hydrogens (tertiary/aromatic N) is 5. The summed E-state index contributed by atoms with van der Waals surface area (Å²) in [4.78, 5) is 33.8. The second-order valence-electron chi connectivity index (χ2n) is 10.1. The Morgan fingerprint density at radius 2 is 1.95 bits per heavy atom. The number of ether oxygens (including phenoxy) is 1. The Hall–Kier alpha value is -4.16. The number of piperidine rings is 1. The smallest absolute Gasteiger partial charge is 0.416 e. The predicted molar refractivity (Wildman–Crippen MR) is 134 cm³/mol. The zero-order chi connectivity index (χ0) is 27.9. The standard InChI is InChI=1S/C26H27F3N6O4/c1-4-25(2,3)38-24(37)34-10-8-15(9-11-34)19-13-20(36)31-22-18(14-30-35(19)22)21-32-23(39-33-21)16-6-5-7-17(12-16)26(27,28)29/h5-7,12-15H,4,8-11H2,1-3H3,(H,31,36). The van der Waals surface area contributed by atoms with Crippen molar-refractivity contribution in [3.8, 4) is 22.8 Å². The van der Waals surface area contributed by atoms with Gasteiger partial charge in [-0.15, -0.1) is 0 Å². The monoisotopic (exact) mass is 544 g/mol. The number of likely N-dealkylation sites (tertiary alicyclic amines) is 1. The number of hydrogen-bond donors (Lipinski definition) is 1. The Bertz CT molecular complexity index is 1560. The van der Waals surface area contributed by atoms with Crippen molar-refractivity contribution in [3.05, 3.63) is 58.1 Å². The van der Waals surface area contributed by atoms with Crippen molar-refractivity contribution in [2.24, 2.45) is 0 Å². The van der Waals surface area contributed by atoms with Crippen LogP contribution in [0, 0.1) is 0 Å². The number of aromatic amines is 1. The van der Waals surface area contributed by atoms with Gasteiger partial charge in [-0.05, 0) is 51.3 Å². The van der Waals surface area contributed by atoms with Gasteiger partial charge in [-0.2, -0.15) is 23.3 Å². The normalized spacial score (nSPS) is 15.2. The summed E-state index contributed by atoms with van der Waals surface area (Å²) in [6.07, 6.45) is -1.49. The molecule has 4 aromatic rings. The topological polar surface area (TPSA) is 119 Å². The fourth-order valence-corrected chi connectivity index (χ4v) is 4.48. The lowest BCUT2D eigenvalue weighted by atomic mass is 9.93. The molecule has 1 aliphatic rings. The van der Waals surface area contributed by atoms with Crippen molar-refractivity contribution < 1.29 is 27.2 Å². The quantitative estimate of drug-likeness (QED) is 0.364. The molecule has 1 saturated heterocycles. The van der Waals surface area contributed by atoms with Gasteiger partial charge in [0.05, 0.1) is 23.0 Å². The third kappa shape index (κ3) is 5.38. The summed E-state index contributed by atoms with van der Waals surface area (Å²) in [6, 6.07) is 6.06. The number of aromatic nitrogens is 5. The Morgan fingerprint density at radius 3 is 2.64 bits per heavy atom. The average Bonchev–Trinajstić information content (AvgIpc) is 3.55. The van der Waals surface area contributed by atoms with Gasteiger partial charge in [0.1, 0.15) is 11.2 Å². The lowest BCUT2D eigenvalue weighted by Crippen LogP contribution is -2.42. The molecule has 0 saturated carbocycles. The van der Waals surface area contributed by atoms with Gasteiger partial charge in [0.25, 0.3) is 11.4 Å². The maximum atomic E-state index is 13.1. The van der Waals surface area contributed by atoms with Gasteiger partial charge in [0.2, 0.25) is 5.82 Å². The summed E-state index contributed by atoms with van der Waals surface area (Å²) >= 11 is 0. The summed E-state index contributed by atoms with van der Waals surface area (Å²) < 4.78 is 51.8. The van der Waals surface area contributed by atoms with E-state index in [1.165, 1.54) is 24.4 Å². The molecule has 0 radical (unpaired) electrons. The van der Waals surface area contributed by atoms with Crippen LogP contribution >= 0.6 is 0 Å². The average molecular weight is 545 g/mol. The Balaban J connectivity index is 1.39. The summed E-state index contributed by atoms with van der Waals surface area (Å²) in [5.41, 5.74) is -0.260. The number of carbonyl (C=O) groups excluding carboxylic acids is 1. The summed E-state index contributed by atoms with van der Waals surface area (Å²) in [5.74, 6) is -0.0718. The van der Waals surface area contributed by atoms with Gasteiger partial charge < -0.3 is 19.1 Å². The molecule has 10 nitrogen and oxygen atoms in total. The highest BCUT2D eigenvalue weighted by molar-refractivity contribution is 5.73. The molecule has 0 unspecified atom stereocenters. The van der Waals surface area contributed by atoms with Crippen LogP contribution in [0.5, 0.6) is 0 Å². The third-order valence-electron chi connectivity index (χ3n) is 7.02. The van der Waals surface area contributed by atoms with Crippen molar-refractivity contribution in [1.82, 2.24) is 29.6 Å². The van der Waals surface area contributed by atoms with Crippen LogP contribution in [0.3, 0.4) is 0 Å². The molecule has 13 heteroatoms. The van der Waals surface area contributed by atoms with E-state index in [-0.39, 0.29) is 34.8 Å². The molecule has 0 spiro atoms. The number of H-pyrrole nitrogens is 1. The highest BCUT2D eigenvalue weighted by atomic mass is 19.4. The first-order valence-corrected chi connectivity index (χ1v) is 12.6. The Kier molecular flexibility index (Phi) is 6.69. The largest absolute Gasteiger partial charge is 0.443 e.